The highest BCUT2D eigenvalue weighted by Gasteiger charge is 2.09. The number of benzene rings is 1. The molecule has 0 radical (unpaired) electrons. The second kappa shape index (κ2) is 7.01. The Bertz CT molecular complexity index is 545. The van der Waals surface area contributed by atoms with Crippen LogP contribution in [0.2, 0.25) is 0 Å². The predicted molar refractivity (Wildman–Crippen MR) is 87.6 cm³/mol. The average molecular weight is 295 g/mol. The van der Waals surface area contributed by atoms with E-state index in [1.807, 2.05) is 11.8 Å². The van der Waals surface area contributed by atoms with Crippen LogP contribution in [0.4, 0.5) is 5.82 Å². The van der Waals surface area contributed by atoms with E-state index >= 15 is 0 Å². The van der Waals surface area contributed by atoms with E-state index in [1.165, 1.54) is 22.9 Å². The molecule has 2 rings (SSSR count). The van der Waals surface area contributed by atoms with Crippen molar-refractivity contribution >= 4 is 40.0 Å². The third-order valence-corrected chi connectivity index (χ3v) is 4.08. The molecule has 19 heavy (non-hydrogen) atoms. The lowest BCUT2D eigenvalue weighted by Gasteiger charge is -2.20. The van der Waals surface area contributed by atoms with Gasteiger partial charge >= 0.3 is 0 Å². The van der Waals surface area contributed by atoms with Crippen molar-refractivity contribution in [1.82, 2.24) is 4.98 Å². The molecule has 0 saturated heterocycles. The number of aromatic nitrogens is 1. The summed E-state index contributed by atoms with van der Waals surface area (Å²) in [5.41, 5.74) is 0.937. The maximum Gasteiger partial charge on any atom is 0.136 e. The molecule has 0 spiro atoms. The Hall–Kier alpha value is -0.930. The standard InChI is InChI=1S/C15H19ClN2S/c1-18(8-5-9-19-2)15-14-7-4-3-6-12(14)10-13(11-16)17-15/h3-4,6-7,10H,5,8-9,11H2,1-2H3. The Morgan fingerprint density at radius 2 is 2.11 bits per heavy atom. The van der Waals surface area contributed by atoms with Crippen molar-refractivity contribution in [1.29, 1.82) is 0 Å². The topological polar surface area (TPSA) is 16.1 Å². The van der Waals surface area contributed by atoms with Crippen LogP contribution < -0.4 is 4.90 Å². The summed E-state index contributed by atoms with van der Waals surface area (Å²) in [7, 11) is 2.10. The van der Waals surface area contributed by atoms with Crippen LogP contribution in [-0.4, -0.2) is 30.6 Å². The molecule has 0 bridgehead atoms. The van der Waals surface area contributed by atoms with E-state index in [0.29, 0.717) is 5.88 Å². The highest BCUT2D eigenvalue weighted by Crippen LogP contribution is 2.25. The van der Waals surface area contributed by atoms with Crippen molar-refractivity contribution < 1.29 is 0 Å². The Morgan fingerprint density at radius 3 is 2.84 bits per heavy atom. The van der Waals surface area contributed by atoms with E-state index < -0.39 is 0 Å². The number of pyridine rings is 1. The third-order valence-electron chi connectivity index (χ3n) is 3.11. The second-order valence-electron chi connectivity index (χ2n) is 4.56. The number of hydrogen-bond donors (Lipinski definition) is 0. The van der Waals surface area contributed by atoms with Gasteiger partial charge in [0.25, 0.3) is 0 Å². The van der Waals surface area contributed by atoms with Crippen molar-refractivity contribution in [3.8, 4) is 0 Å². The van der Waals surface area contributed by atoms with Crippen molar-refractivity contribution in [2.45, 2.75) is 12.3 Å². The fourth-order valence-electron chi connectivity index (χ4n) is 2.15. The van der Waals surface area contributed by atoms with E-state index in [4.69, 9.17) is 11.6 Å². The normalized spacial score (nSPS) is 10.9. The van der Waals surface area contributed by atoms with Gasteiger partial charge in [0.2, 0.25) is 0 Å². The summed E-state index contributed by atoms with van der Waals surface area (Å²) in [4.78, 5) is 6.92. The number of nitrogens with zero attached hydrogens (tertiary/aromatic N) is 2. The number of fused-ring (bicyclic) bond motifs is 1. The first-order valence-corrected chi connectivity index (χ1v) is 8.34. The van der Waals surface area contributed by atoms with Crippen LogP contribution >= 0.6 is 23.4 Å². The summed E-state index contributed by atoms with van der Waals surface area (Å²) < 4.78 is 0. The Morgan fingerprint density at radius 1 is 1.32 bits per heavy atom. The highest BCUT2D eigenvalue weighted by atomic mass is 35.5. The number of thioether (sulfide) groups is 1. The molecular weight excluding hydrogens is 276 g/mol. The molecule has 0 amide bonds. The summed E-state index contributed by atoms with van der Waals surface area (Å²) >= 11 is 7.83. The Balaban J connectivity index is 2.34. The average Bonchev–Trinajstić information content (AvgIpc) is 2.46. The van der Waals surface area contributed by atoms with Gasteiger partial charge < -0.3 is 4.90 Å². The molecule has 0 N–H and O–H groups in total. The van der Waals surface area contributed by atoms with E-state index in [2.05, 4.69) is 53.5 Å². The molecule has 102 valence electrons. The molecule has 1 heterocycles. The second-order valence-corrected chi connectivity index (χ2v) is 5.81. The maximum atomic E-state index is 5.95. The maximum absolute atomic E-state index is 5.95. The zero-order valence-corrected chi connectivity index (χ0v) is 13.0. The van der Waals surface area contributed by atoms with Crippen LogP contribution in [-0.2, 0) is 5.88 Å². The van der Waals surface area contributed by atoms with Gasteiger partial charge in [-0.3, -0.25) is 0 Å². The van der Waals surface area contributed by atoms with Crippen LogP contribution in [0.3, 0.4) is 0 Å². The lowest BCUT2D eigenvalue weighted by atomic mass is 10.1. The molecule has 0 aliphatic heterocycles. The number of hydrogen-bond acceptors (Lipinski definition) is 3. The fraction of sp³-hybridized carbons (Fsp3) is 0.400. The molecule has 2 aromatic rings. The minimum atomic E-state index is 0.455. The predicted octanol–water partition coefficient (Wildman–Crippen LogP) is 4.16. The zero-order valence-electron chi connectivity index (χ0n) is 11.4. The molecular formula is C15H19ClN2S. The fourth-order valence-corrected chi connectivity index (χ4v) is 2.70. The molecule has 4 heteroatoms. The van der Waals surface area contributed by atoms with Crippen LogP contribution in [0.5, 0.6) is 0 Å². The van der Waals surface area contributed by atoms with Crippen molar-refractivity contribution in [3.05, 3.63) is 36.0 Å². The molecule has 0 unspecified atom stereocenters. The summed E-state index contributed by atoms with van der Waals surface area (Å²) in [5, 5.41) is 2.41. The minimum absolute atomic E-state index is 0.455. The summed E-state index contributed by atoms with van der Waals surface area (Å²) in [6.07, 6.45) is 3.31. The quantitative estimate of drug-likeness (QED) is 0.588. The smallest absolute Gasteiger partial charge is 0.136 e. The van der Waals surface area contributed by atoms with Gasteiger partial charge in [-0.2, -0.15) is 11.8 Å². The minimum Gasteiger partial charge on any atom is -0.359 e. The Kier molecular flexibility index (Phi) is 5.34. The van der Waals surface area contributed by atoms with Crippen LogP contribution in [0.25, 0.3) is 10.8 Å². The molecule has 0 saturated carbocycles. The lowest BCUT2D eigenvalue weighted by molar-refractivity contribution is 0.846. The molecule has 1 aromatic heterocycles. The zero-order chi connectivity index (χ0) is 13.7. The van der Waals surface area contributed by atoms with Crippen molar-refractivity contribution in [2.24, 2.45) is 0 Å². The van der Waals surface area contributed by atoms with E-state index in [1.54, 1.807) is 0 Å². The lowest BCUT2D eigenvalue weighted by Crippen LogP contribution is -2.21. The highest BCUT2D eigenvalue weighted by molar-refractivity contribution is 7.98. The number of rotatable bonds is 6. The SMILES string of the molecule is CSCCCN(C)c1nc(CCl)cc2ccccc12. The van der Waals surface area contributed by atoms with Crippen molar-refractivity contribution in [2.75, 3.05) is 30.5 Å². The van der Waals surface area contributed by atoms with Crippen molar-refractivity contribution in [3.63, 3.8) is 0 Å². The van der Waals surface area contributed by atoms with Gasteiger partial charge in [-0.15, -0.1) is 11.6 Å². The summed E-state index contributed by atoms with van der Waals surface area (Å²) in [5.74, 6) is 2.67. The van der Waals surface area contributed by atoms with Gasteiger partial charge in [-0.25, -0.2) is 4.98 Å². The Labute approximate surface area is 124 Å². The third kappa shape index (κ3) is 3.54. The molecule has 1 aromatic carbocycles. The molecule has 0 aliphatic carbocycles. The summed E-state index contributed by atoms with van der Waals surface area (Å²) in [6.45, 7) is 1.02. The molecule has 0 fully saturated rings. The van der Waals surface area contributed by atoms with Gasteiger partial charge in [0.1, 0.15) is 5.82 Å². The largest absolute Gasteiger partial charge is 0.359 e. The number of halogens is 1. The molecule has 0 atom stereocenters. The molecule has 2 nitrogen and oxygen atoms in total. The summed E-state index contributed by atoms with van der Waals surface area (Å²) in [6, 6.07) is 10.4. The van der Waals surface area contributed by atoms with Gasteiger partial charge in [0, 0.05) is 19.0 Å². The number of anilines is 1. The van der Waals surface area contributed by atoms with Gasteiger partial charge in [-0.1, -0.05) is 24.3 Å². The van der Waals surface area contributed by atoms with Crippen LogP contribution in [0.15, 0.2) is 30.3 Å². The van der Waals surface area contributed by atoms with Gasteiger partial charge in [0.05, 0.1) is 11.6 Å². The van der Waals surface area contributed by atoms with Gasteiger partial charge in [-0.05, 0) is 29.9 Å². The van der Waals surface area contributed by atoms with Crippen LogP contribution in [0.1, 0.15) is 12.1 Å². The van der Waals surface area contributed by atoms with Crippen LogP contribution in [0, 0.1) is 0 Å². The first kappa shape index (κ1) is 14.5. The van der Waals surface area contributed by atoms with E-state index in [-0.39, 0.29) is 0 Å². The van der Waals surface area contributed by atoms with E-state index in [0.717, 1.165) is 18.1 Å². The monoisotopic (exact) mass is 294 g/mol. The molecule has 0 aliphatic rings. The first-order valence-electron chi connectivity index (χ1n) is 6.41. The van der Waals surface area contributed by atoms with E-state index in [9.17, 15) is 0 Å². The van der Waals surface area contributed by atoms with Gasteiger partial charge in [0.15, 0.2) is 0 Å². The first-order chi connectivity index (χ1) is 9.26. The number of alkyl halides is 1.